The van der Waals surface area contributed by atoms with Crippen LogP contribution in [0.1, 0.15) is 12.0 Å². The Morgan fingerprint density at radius 1 is 1.33 bits per heavy atom. The minimum Gasteiger partial charge on any atom is -0.481 e. The number of ether oxygens (including phenoxy) is 2. The molecule has 1 heterocycles. The zero-order chi connectivity index (χ0) is 11.1. The van der Waals surface area contributed by atoms with Crippen molar-refractivity contribution in [2.75, 3.05) is 20.8 Å². The van der Waals surface area contributed by atoms with Crippen LogP contribution in [0.25, 0.3) is 0 Å². The molecule has 0 atom stereocenters. The zero-order valence-electron chi connectivity index (χ0n) is 8.91. The van der Waals surface area contributed by atoms with Gasteiger partial charge in [0.15, 0.2) is 0 Å². The maximum atomic E-state index is 5.34. The Bertz CT molecular complexity index is 380. The molecule has 0 saturated heterocycles. The first-order valence-corrected chi connectivity index (χ1v) is 4.59. The normalized spacial score (nSPS) is 9.00. The molecule has 0 aliphatic carbocycles. The first-order valence-electron chi connectivity index (χ1n) is 4.59. The van der Waals surface area contributed by atoms with E-state index >= 15 is 0 Å². The van der Waals surface area contributed by atoms with Gasteiger partial charge in [0.1, 0.15) is 0 Å². The van der Waals surface area contributed by atoms with Gasteiger partial charge in [0.2, 0.25) is 11.8 Å². The SMILES string of the molecule is COc1ccc(C#CCCN)c(OC)n1. The standard InChI is InChI=1S/C11H14N2O2/c1-14-10-7-6-9(5-3-4-8-12)11(13-10)15-2/h6-7H,4,8,12H2,1-2H3. The maximum absolute atomic E-state index is 5.34. The molecule has 80 valence electrons. The van der Waals surface area contributed by atoms with Crippen LogP contribution < -0.4 is 15.2 Å². The van der Waals surface area contributed by atoms with Gasteiger partial charge in [-0.15, -0.1) is 0 Å². The van der Waals surface area contributed by atoms with Crippen molar-refractivity contribution >= 4 is 0 Å². The van der Waals surface area contributed by atoms with Gasteiger partial charge in [-0.2, -0.15) is 4.98 Å². The lowest BCUT2D eigenvalue weighted by atomic mass is 10.2. The molecule has 0 amide bonds. The van der Waals surface area contributed by atoms with Crippen molar-refractivity contribution in [2.24, 2.45) is 5.73 Å². The lowest BCUT2D eigenvalue weighted by molar-refractivity contribution is 0.364. The molecule has 1 aromatic rings. The Hall–Kier alpha value is -1.73. The molecular formula is C11H14N2O2. The van der Waals surface area contributed by atoms with Crippen LogP contribution in [0.2, 0.25) is 0 Å². The van der Waals surface area contributed by atoms with E-state index in [1.807, 2.05) is 6.07 Å². The van der Waals surface area contributed by atoms with E-state index in [-0.39, 0.29) is 0 Å². The van der Waals surface area contributed by atoms with Crippen LogP contribution in [-0.2, 0) is 0 Å². The van der Waals surface area contributed by atoms with Crippen molar-refractivity contribution in [1.29, 1.82) is 0 Å². The fourth-order valence-corrected chi connectivity index (χ4v) is 1.02. The topological polar surface area (TPSA) is 57.4 Å². The fourth-order valence-electron chi connectivity index (χ4n) is 1.02. The van der Waals surface area contributed by atoms with E-state index in [0.717, 1.165) is 5.56 Å². The van der Waals surface area contributed by atoms with E-state index in [9.17, 15) is 0 Å². The van der Waals surface area contributed by atoms with Gasteiger partial charge in [-0.25, -0.2) is 0 Å². The molecule has 0 spiro atoms. The fraction of sp³-hybridized carbons (Fsp3) is 0.364. The van der Waals surface area contributed by atoms with E-state index < -0.39 is 0 Å². The van der Waals surface area contributed by atoms with E-state index in [1.165, 1.54) is 0 Å². The van der Waals surface area contributed by atoms with Crippen molar-refractivity contribution < 1.29 is 9.47 Å². The summed E-state index contributed by atoms with van der Waals surface area (Å²) in [5.41, 5.74) is 6.08. The first kappa shape index (κ1) is 11.3. The Kier molecular flexibility index (Phi) is 4.45. The number of nitrogens with zero attached hydrogens (tertiary/aromatic N) is 1. The monoisotopic (exact) mass is 206 g/mol. The number of rotatable bonds is 3. The number of hydrogen-bond donors (Lipinski definition) is 1. The molecule has 1 aromatic heterocycles. The van der Waals surface area contributed by atoms with E-state index in [2.05, 4.69) is 16.8 Å². The highest BCUT2D eigenvalue weighted by atomic mass is 16.5. The smallest absolute Gasteiger partial charge is 0.232 e. The Morgan fingerprint density at radius 3 is 2.73 bits per heavy atom. The van der Waals surface area contributed by atoms with Crippen LogP contribution in [0.5, 0.6) is 11.8 Å². The van der Waals surface area contributed by atoms with Crippen LogP contribution in [-0.4, -0.2) is 25.7 Å². The number of hydrogen-bond acceptors (Lipinski definition) is 4. The lowest BCUT2D eigenvalue weighted by Crippen LogP contribution is -1.96. The highest BCUT2D eigenvalue weighted by Gasteiger charge is 2.03. The largest absolute Gasteiger partial charge is 0.481 e. The molecule has 0 aliphatic rings. The van der Waals surface area contributed by atoms with Crippen LogP contribution >= 0.6 is 0 Å². The minimum atomic E-state index is 0.471. The summed E-state index contributed by atoms with van der Waals surface area (Å²) >= 11 is 0. The van der Waals surface area contributed by atoms with Crippen molar-refractivity contribution in [3.05, 3.63) is 17.7 Å². The number of pyridine rings is 1. The second kappa shape index (κ2) is 5.89. The van der Waals surface area contributed by atoms with E-state index in [0.29, 0.717) is 24.7 Å². The molecule has 0 radical (unpaired) electrons. The molecule has 0 saturated carbocycles. The Labute approximate surface area is 89.4 Å². The van der Waals surface area contributed by atoms with E-state index in [1.54, 1.807) is 20.3 Å². The molecular weight excluding hydrogens is 192 g/mol. The molecule has 0 aliphatic heterocycles. The van der Waals surface area contributed by atoms with Crippen LogP contribution in [0, 0.1) is 11.8 Å². The summed E-state index contributed by atoms with van der Waals surface area (Å²) in [6.45, 7) is 0.554. The third-order valence-corrected chi connectivity index (χ3v) is 1.73. The van der Waals surface area contributed by atoms with Gasteiger partial charge in [0.25, 0.3) is 0 Å². The van der Waals surface area contributed by atoms with Crippen LogP contribution in [0.15, 0.2) is 12.1 Å². The zero-order valence-corrected chi connectivity index (χ0v) is 8.91. The van der Waals surface area contributed by atoms with Crippen molar-refractivity contribution in [3.63, 3.8) is 0 Å². The first-order chi connectivity index (χ1) is 7.31. The van der Waals surface area contributed by atoms with Gasteiger partial charge < -0.3 is 15.2 Å². The predicted octanol–water partition coefficient (Wildman–Crippen LogP) is 0.799. The molecule has 0 fully saturated rings. The number of nitrogens with two attached hydrogens (primary N) is 1. The molecule has 0 bridgehead atoms. The second-order valence-corrected chi connectivity index (χ2v) is 2.75. The summed E-state index contributed by atoms with van der Waals surface area (Å²) in [7, 11) is 3.11. The summed E-state index contributed by atoms with van der Waals surface area (Å²) < 4.78 is 10.1. The van der Waals surface area contributed by atoms with E-state index in [4.69, 9.17) is 15.2 Å². The average Bonchev–Trinajstić information content (AvgIpc) is 2.29. The third-order valence-electron chi connectivity index (χ3n) is 1.73. The van der Waals surface area contributed by atoms with Gasteiger partial charge in [0, 0.05) is 19.0 Å². The summed E-state index contributed by atoms with van der Waals surface area (Å²) in [5, 5.41) is 0. The highest BCUT2D eigenvalue weighted by Crippen LogP contribution is 2.18. The van der Waals surface area contributed by atoms with Gasteiger partial charge in [-0.05, 0) is 6.07 Å². The van der Waals surface area contributed by atoms with Crippen molar-refractivity contribution in [1.82, 2.24) is 4.98 Å². The third kappa shape index (κ3) is 3.15. The molecule has 0 unspecified atom stereocenters. The number of methoxy groups -OCH3 is 2. The lowest BCUT2D eigenvalue weighted by Gasteiger charge is -2.04. The molecule has 4 heteroatoms. The van der Waals surface area contributed by atoms with Gasteiger partial charge >= 0.3 is 0 Å². The summed E-state index contributed by atoms with van der Waals surface area (Å²) in [6, 6.07) is 3.56. The molecule has 15 heavy (non-hydrogen) atoms. The van der Waals surface area contributed by atoms with Crippen molar-refractivity contribution in [3.8, 4) is 23.6 Å². The quantitative estimate of drug-likeness (QED) is 0.743. The summed E-state index contributed by atoms with van der Waals surface area (Å²) in [5.74, 6) is 6.85. The molecule has 0 aromatic carbocycles. The maximum Gasteiger partial charge on any atom is 0.232 e. The molecule has 2 N–H and O–H groups in total. The van der Waals surface area contributed by atoms with Crippen LogP contribution in [0.3, 0.4) is 0 Å². The minimum absolute atomic E-state index is 0.471. The Morgan fingerprint density at radius 2 is 2.13 bits per heavy atom. The number of aromatic nitrogens is 1. The van der Waals surface area contributed by atoms with Gasteiger partial charge in [-0.3, -0.25) is 0 Å². The average molecular weight is 206 g/mol. The molecule has 4 nitrogen and oxygen atoms in total. The second-order valence-electron chi connectivity index (χ2n) is 2.75. The van der Waals surface area contributed by atoms with Gasteiger partial charge in [-0.1, -0.05) is 11.8 Å². The Balaban J connectivity index is 2.93. The summed E-state index contributed by atoms with van der Waals surface area (Å²) in [4.78, 5) is 4.11. The molecule has 1 rings (SSSR count). The summed E-state index contributed by atoms with van der Waals surface area (Å²) in [6.07, 6.45) is 0.662. The van der Waals surface area contributed by atoms with Gasteiger partial charge in [0.05, 0.1) is 19.8 Å². The predicted molar refractivity (Wildman–Crippen MR) is 57.9 cm³/mol. The van der Waals surface area contributed by atoms with Crippen molar-refractivity contribution in [2.45, 2.75) is 6.42 Å². The highest BCUT2D eigenvalue weighted by molar-refractivity contribution is 5.43. The van der Waals surface area contributed by atoms with Crippen LogP contribution in [0.4, 0.5) is 0 Å².